The lowest BCUT2D eigenvalue weighted by atomic mass is 10.1. The molecule has 8 heteroatoms. The molecule has 3 aromatic rings. The molecular weight excluding hydrogens is 386 g/mol. The quantitative estimate of drug-likeness (QED) is 0.661. The molecule has 1 saturated heterocycles. The van der Waals surface area contributed by atoms with Crippen molar-refractivity contribution in [2.45, 2.75) is 12.5 Å². The van der Waals surface area contributed by atoms with Crippen LogP contribution in [-0.2, 0) is 20.7 Å². The number of ether oxygens (including phenoxy) is 2. The van der Waals surface area contributed by atoms with Gasteiger partial charge in [0.15, 0.2) is 11.7 Å². The number of morpholine rings is 1. The molecule has 0 bridgehead atoms. The molecule has 30 heavy (non-hydrogen) atoms. The van der Waals surface area contributed by atoms with E-state index < -0.39 is 6.10 Å². The number of para-hydroxylation sites is 3. The van der Waals surface area contributed by atoms with Crippen molar-refractivity contribution in [1.29, 1.82) is 0 Å². The Bertz CT molecular complexity index is 1090. The number of aromatic nitrogens is 1. The third kappa shape index (κ3) is 3.39. The van der Waals surface area contributed by atoms with Crippen LogP contribution in [-0.4, -0.2) is 60.8 Å². The van der Waals surface area contributed by atoms with Crippen molar-refractivity contribution in [2.75, 3.05) is 37.7 Å². The van der Waals surface area contributed by atoms with E-state index in [1.54, 1.807) is 15.9 Å². The third-order valence-electron chi connectivity index (χ3n) is 5.44. The van der Waals surface area contributed by atoms with Gasteiger partial charge in [-0.3, -0.25) is 9.59 Å². The molecule has 3 heterocycles. The van der Waals surface area contributed by atoms with Gasteiger partial charge in [0.05, 0.1) is 31.9 Å². The van der Waals surface area contributed by atoms with Crippen LogP contribution in [0.5, 0.6) is 5.75 Å². The molecule has 0 N–H and O–H groups in total. The number of carbonyl (C=O) groups is 2. The summed E-state index contributed by atoms with van der Waals surface area (Å²) in [6.07, 6.45) is -0.680. The van der Waals surface area contributed by atoms with E-state index in [1.807, 2.05) is 42.5 Å². The van der Waals surface area contributed by atoms with E-state index >= 15 is 0 Å². The molecule has 0 spiro atoms. The second-order valence-electron chi connectivity index (χ2n) is 7.32. The molecule has 0 unspecified atom stereocenters. The van der Waals surface area contributed by atoms with Gasteiger partial charge < -0.3 is 23.8 Å². The summed E-state index contributed by atoms with van der Waals surface area (Å²) in [5, 5.41) is 4.88. The summed E-state index contributed by atoms with van der Waals surface area (Å²) in [4.78, 5) is 29.6. The second kappa shape index (κ2) is 7.79. The fourth-order valence-electron chi connectivity index (χ4n) is 3.89. The zero-order chi connectivity index (χ0) is 20.5. The van der Waals surface area contributed by atoms with Gasteiger partial charge in [-0.2, -0.15) is 0 Å². The van der Waals surface area contributed by atoms with Crippen molar-refractivity contribution < 1.29 is 23.6 Å². The summed E-state index contributed by atoms with van der Waals surface area (Å²) < 4.78 is 16.6. The first kappa shape index (κ1) is 18.6. The van der Waals surface area contributed by atoms with Crippen LogP contribution in [0.2, 0.25) is 0 Å². The lowest BCUT2D eigenvalue weighted by Gasteiger charge is -2.37. The number of benzene rings is 2. The van der Waals surface area contributed by atoms with Crippen LogP contribution >= 0.6 is 0 Å². The topological polar surface area (TPSA) is 85.1 Å². The first-order chi connectivity index (χ1) is 14.7. The molecule has 5 rings (SSSR count). The Morgan fingerprint density at radius 2 is 1.80 bits per heavy atom. The van der Waals surface area contributed by atoms with Crippen LogP contribution in [0.1, 0.15) is 5.69 Å². The van der Waals surface area contributed by atoms with E-state index in [-0.39, 0.29) is 24.8 Å². The van der Waals surface area contributed by atoms with E-state index in [2.05, 4.69) is 5.16 Å². The first-order valence-electron chi connectivity index (χ1n) is 9.96. The van der Waals surface area contributed by atoms with Crippen molar-refractivity contribution in [2.24, 2.45) is 0 Å². The van der Waals surface area contributed by atoms with Gasteiger partial charge in [-0.05, 0) is 24.3 Å². The molecule has 154 valence electrons. The number of amides is 2. The Morgan fingerprint density at radius 3 is 2.67 bits per heavy atom. The van der Waals surface area contributed by atoms with E-state index in [0.29, 0.717) is 49.0 Å². The molecule has 1 aromatic heterocycles. The number of anilines is 1. The highest BCUT2D eigenvalue weighted by Crippen LogP contribution is 2.34. The highest BCUT2D eigenvalue weighted by atomic mass is 16.5. The van der Waals surface area contributed by atoms with Crippen molar-refractivity contribution in [3.05, 3.63) is 54.2 Å². The number of hydrogen-bond acceptors (Lipinski definition) is 6. The van der Waals surface area contributed by atoms with E-state index in [0.717, 1.165) is 5.39 Å². The maximum absolute atomic E-state index is 13.3. The predicted molar refractivity (Wildman–Crippen MR) is 108 cm³/mol. The lowest BCUT2D eigenvalue weighted by molar-refractivity contribution is -0.142. The number of hydrogen-bond donors (Lipinski definition) is 0. The minimum absolute atomic E-state index is 0.0732. The minimum Gasteiger partial charge on any atom is -0.476 e. The predicted octanol–water partition coefficient (Wildman–Crippen LogP) is 2.02. The van der Waals surface area contributed by atoms with Crippen LogP contribution in [0.3, 0.4) is 0 Å². The number of fused-ring (bicyclic) bond motifs is 2. The van der Waals surface area contributed by atoms with Crippen molar-refractivity contribution in [3.63, 3.8) is 0 Å². The summed E-state index contributed by atoms with van der Waals surface area (Å²) in [6.45, 7) is 2.23. The van der Waals surface area contributed by atoms with Crippen molar-refractivity contribution in [3.8, 4) is 5.75 Å². The highest BCUT2D eigenvalue weighted by Gasteiger charge is 2.36. The van der Waals surface area contributed by atoms with E-state index in [1.165, 1.54) is 0 Å². The van der Waals surface area contributed by atoms with Crippen LogP contribution in [0.4, 0.5) is 5.69 Å². The summed E-state index contributed by atoms with van der Waals surface area (Å²) >= 11 is 0. The number of nitrogens with zero attached hydrogens (tertiary/aromatic N) is 3. The Balaban J connectivity index is 1.41. The zero-order valence-electron chi connectivity index (χ0n) is 16.3. The maximum atomic E-state index is 13.3. The smallest absolute Gasteiger partial charge is 0.265 e. The van der Waals surface area contributed by atoms with Gasteiger partial charge in [-0.15, -0.1) is 0 Å². The van der Waals surface area contributed by atoms with Gasteiger partial charge in [-0.25, -0.2) is 0 Å². The molecule has 8 nitrogen and oxygen atoms in total. The third-order valence-corrected chi connectivity index (χ3v) is 5.44. The largest absolute Gasteiger partial charge is 0.476 e. The molecule has 0 radical (unpaired) electrons. The Hall–Kier alpha value is -3.39. The Morgan fingerprint density at radius 1 is 1.03 bits per heavy atom. The fourth-order valence-corrected chi connectivity index (χ4v) is 3.89. The fraction of sp³-hybridized carbons (Fsp3) is 0.318. The van der Waals surface area contributed by atoms with Crippen LogP contribution in [0.15, 0.2) is 53.1 Å². The molecule has 0 saturated carbocycles. The van der Waals surface area contributed by atoms with Crippen LogP contribution in [0.25, 0.3) is 11.0 Å². The van der Waals surface area contributed by atoms with E-state index in [9.17, 15) is 9.59 Å². The normalized spacial score (nSPS) is 18.7. The van der Waals surface area contributed by atoms with Gasteiger partial charge >= 0.3 is 0 Å². The molecule has 2 amide bonds. The number of rotatable bonds is 3. The molecule has 2 aromatic carbocycles. The van der Waals surface area contributed by atoms with Gasteiger partial charge in [0.1, 0.15) is 11.4 Å². The van der Waals surface area contributed by atoms with Gasteiger partial charge in [0, 0.05) is 18.5 Å². The summed E-state index contributed by atoms with van der Waals surface area (Å²) in [5.41, 5.74) is 1.88. The SMILES string of the molecule is O=C([C@H]1CN(C(=O)Cc2noc3ccccc23)c2ccccc2O1)N1CCOCC1. The van der Waals surface area contributed by atoms with Gasteiger partial charge in [0.2, 0.25) is 5.91 Å². The van der Waals surface area contributed by atoms with Crippen LogP contribution < -0.4 is 9.64 Å². The maximum Gasteiger partial charge on any atom is 0.265 e. The van der Waals surface area contributed by atoms with Gasteiger partial charge in [-0.1, -0.05) is 29.4 Å². The molecular formula is C22H21N3O5. The van der Waals surface area contributed by atoms with Crippen molar-refractivity contribution >= 4 is 28.5 Å². The van der Waals surface area contributed by atoms with Crippen LogP contribution in [0, 0.1) is 0 Å². The molecule has 1 atom stereocenters. The van der Waals surface area contributed by atoms with Gasteiger partial charge in [0.25, 0.3) is 5.91 Å². The summed E-state index contributed by atoms with van der Waals surface area (Å²) in [6, 6.07) is 14.7. The Kier molecular flexibility index (Phi) is 4.84. The van der Waals surface area contributed by atoms with Crippen molar-refractivity contribution in [1.82, 2.24) is 10.1 Å². The molecule has 2 aliphatic rings. The monoisotopic (exact) mass is 407 g/mol. The average Bonchev–Trinajstić information content (AvgIpc) is 3.21. The summed E-state index contributed by atoms with van der Waals surface area (Å²) in [5.74, 6) is 0.232. The average molecular weight is 407 g/mol. The zero-order valence-corrected chi connectivity index (χ0v) is 16.3. The molecule has 1 fully saturated rings. The molecule has 2 aliphatic heterocycles. The highest BCUT2D eigenvalue weighted by molar-refractivity contribution is 5.99. The Labute approximate surface area is 172 Å². The van der Waals surface area contributed by atoms with E-state index in [4.69, 9.17) is 14.0 Å². The molecule has 0 aliphatic carbocycles. The first-order valence-corrected chi connectivity index (χ1v) is 9.96. The second-order valence-corrected chi connectivity index (χ2v) is 7.32. The lowest BCUT2D eigenvalue weighted by Crippen LogP contribution is -2.54. The minimum atomic E-state index is -0.754. The standard InChI is InChI=1S/C22H21N3O5/c26-21(13-16-15-5-1-3-7-18(15)30-23-16)25-14-20(22(27)24-9-11-28-12-10-24)29-19-8-4-2-6-17(19)25/h1-8,20H,9-14H2/t20-/m1/s1. The number of carbonyl (C=O) groups excluding carboxylic acids is 2. The summed E-state index contributed by atoms with van der Waals surface area (Å²) in [7, 11) is 0.